The lowest BCUT2D eigenvalue weighted by atomic mass is 10.2. The topological polar surface area (TPSA) is 72.3 Å². The number of hydrogen-bond acceptors (Lipinski definition) is 7. The van der Waals surface area contributed by atoms with Gasteiger partial charge in [0.15, 0.2) is 5.82 Å². The van der Waals surface area contributed by atoms with Crippen LogP contribution in [0.3, 0.4) is 0 Å². The van der Waals surface area contributed by atoms with E-state index in [1.807, 2.05) is 66.7 Å². The number of thioether (sulfide) groups is 1. The largest absolute Gasteiger partial charge is 0.497 e. The van der Waals surface area contributed by atoms with Crippen molar-refractivity contribution < 1.29 is 9.53 Å². The molecule has 176 valence electrons. The summed E-state index contributed by atoms with van der Waals surface area (Å²) in [5, 5.41) is 1.98. The second kappa shape index (κ2) is 10.1. The number of carbonyl (C=O) groups excluding carboxylic acids is 1. The standard InChI is InChI=1S/C25H20ClN5O2S2/c1-33-20-13-7-16(8-14-20)22-27-24(30(25(34)28-22)19-11-9-18(26)10-12-19)29-31-21(32)15-35-23(31)17-5-3-2-4-6-17/h2-14,23H,15H2,1H3,(H,27,28,29,34). The van der Waals surface area contributed by atoms with Gasteiger partial charge in [0.05, 0.1) is 18.6 Å². The van der Waals surface area contributed by atoms with Crippen molar-refractivity contribution in [2.45, 2.75) is 5.37 Å². The number of carbonyl (C=O) groups is 1. The summed E-state index contributed by atoms with van der Waals surface area (Å²) in [4.78, 5) is 22.3. The average Bonchev–Trinajstić information content (AvgIpc) is 3.25. The number of rotatable bonds is 6. The monoisotopic (exact) mass is 521 g/mol. The number of hydrogen-bond donors (Lipinski definition) is 1. The number of halogens is 1. The molecule has 1 aliphatic rings. The van der Waals surface area contributed by atoms with E-state index < -0.39 is 0 Å². The van der Waals surface area contributed by atoms with Crippen LogP contribution in [0, 0.1) is 4.77 Å². The van der Waals surface area contributed by atoms with Gasteiger partial charge in [-0.3, -0.25) is 14.8 Å². The number of amides is 1. The highest BCUT2D eigenvalue weighted by molar-refractivity contribution is 8.00. The molecule has 1 amide bonds. The number of aromatic nitrogens is 3. The zero-order chi connectivity index (χ0) is 24.4. The Morgan fingerprint density at radius 2 is 1.74 bits per heavy atom. The van der Waals surface area contributed by atoms with E-state index in [-0.39, 0.29) is 16.1 Å². The minimum absolute atomic E-state index is 0.0537. The molecule has 1 atom stereocenters. The Morgan fingerprint density at radius 1 is 1.03 bits per heavy atom. The van der Waals surface area contributed by atoms with Crippen molar-refractivity contribution in [3.8, 4) is 22.8 Å². The van der Waals surface area contributed by atoms with Gasteiger partial charge in [-0.25, -0.2) is 5.01 Å². The Hall–Kier alpha value is -3.40. The molecular formula is C25H20ClN5O2S2. The SMILES string of the molecule is COc1ccc(-c2nc(NN3C(=O)CSC3c3ccccc3)n(-c3ccc(Cl)cc3)c(=S)n2)cc1. The van der Waals surface area contributed by atoms with E-state index in [4.69, 9.17) is 33.5 Å². The zero-order valence-electron chi connectivity index (χ0n) is 18.6. The fourth-order valence-electron chi connectivity index (χ4n) is 3.69. The highest BCUT2D eigenvalue weighted by Gasteiger charge is 2.34. The first-order valence-corrected chi connectivity index (χ1v) is 12.5. The molecule has 4 aromatic rings. The zero-order valence-corrected chi connectivity index (χ0v) is 21.0. The van der Waals surface area contributed by atoms with Gasteiger partial charge < -0.3 is 4.74 Å². The number of nitrogens with one attached hydrogen (secondary N) is 1. The summed E-state index contributed by atoms with van der Waals surface area (Å²) < 4.78 is 7.23. The van der Waals surface area contributed by atoms with Crippen LogP contribution < -0.4 is 10.2 Å². The van der Waals surface area contributed by atoms with Gasteiger partial charge in [0.1, 0.15) is 11.1 Å². The van der Waals surface area contributed by atoms with Gasteiger partial charge in [-0.15, -0.1) is 11.8 Å². The average molecular weight is 522 g/mol. The molecule has 2 heterocycles. The van der Waals surface area contributed by atoms with E-state index in [0.29, 0.717) is 22.5 Å². The molecule has 5 rings (SSSR count). The Morgan fingerprint density at radius 3 is 2.43 bits per heavy atom. The van der Waals surface area contributed by atoms with Gasteiger partial charge in [0.25, 0.3) is 5.91 Å². The molecule has 0 spiro atoms. The molecule has 1 saturated heterocycles. The first-order valence-electron chi connectivity index (χ1n) is 10.7. The Kier molecular flexibility index (Phi) is 6.72. The normalized spacial score (nSPS) is 15.3. The molecule has 1 fully saturated rings. The number of methoxy groups -OCH3 is 1. The molecule has 35 heavy (non-hydrogen) atoms. The molecule has 0 saturated carbocycles. The Bertz CT molecular complexity index is 1410. The quantitative estimate of drug-likeness (QED) is 0.315. The molecule has 7 nitrogen and oxygen atoms in total. The maximum Gasteiger partial charge on any atom is 0.252 e. The third-order valence-electron chi connectivity index (χ3n) is 5.42. The number of ether oxygens (including phenoxy) is 1. The van der Waals surface area contributed by atoms with Gasteiger partial charge in [-0.2, -0.15) is 9.97 Å². The van der Waals surface area contributed by atoms with Crippen molar-refractivity contribution in [2.75, 3.05) is 18.3 Å². The number of anilines is 1. The van der Waals surface area contributed by atoms with E-state index in [0.717, 1.165) is 22.6 Å². The summed E-state index contributed by atoms with van der Waals surface area (Å²) in [7, 11) is 1.61. The van der Waals surface area contributed by atoms with Crippen molar-refractivity contribution in [2.24, 2.45) is 0 Å². The molecule has 0 bridgehead atoms. The van der Waals surface area contributed by atoms with E-state index in [2.05, 4.69) is 10.4 Å². The molecule has 1 N–H and O–H groups in total. The lowest BCUT2D eigenvalue weighted by molar-refractivity contribution is -0.126. The molecule has 0 aliphatic carbocycles. The van der Waals surface area contributed by atoms with E-state index in [9.17, 15) is 4.79 Å². The predicted octanol–water partition coefficient (Wildman–Crippen LogP) is 5.93. The smallest absolute Gasteiger partial charge is 0.252 e. The van der Waals surface area contributed by atoms with E-state index in [1.54, 1.807) is 40.6 Å². The van der Waals surface area contributed by atoms with Gasteiger partial charge in [0.2, 0.25) is 10.7 Å². The molecule has 1 unspecified atom stereocenters. The van der Waals surface area contributed by atoms with E-state index >= 15 is 0 Å². The second-order valence-corrected chi connectivity index (χ2v) is 9.51. The molecule has 1 aromatic heterocycles. The molecular weight excluding hydrogens is 502 g/mol. The Labute approximate surface area is 216 Å². The highest BCUT2D eigenvalue weighted by atomic mass is 35.5. The van der Waals surface area contributed by atoms with E-state index in [1.165, 1.54) is 0 Å². The summed E-state index contributed by atoms with van der Waals surface area (Å²) in [6.45, 7) is 0. The minimum atomic E-state index is -0.213. The van der Waals surface area contributed by atoms with Crippen LogP contribution in [0.4, 0.5) is 5.95 Å². The number of benzene rings is 3. The van der Waals surface area contributed by atoms with Crippen molar-refractivity contribution in [3.63, 3.8) is 0 Å². The fraction of sp³-hybridized carbons (Fsp3) is 0.120. The summed E-state index contributed by atoms with van der Waals surface area (Å²) in [6, 6.07) is 24.5. The summed E-state index contributed by atoms with van der Waals surface area (Å²) in [5.74, 6) is 1.83. The summed E-state index contributed by atoms with van der Waals surface area (Å²) >= 11 is 13.3. The van der Waals surface area contributed by atoms with Crippen molar-refractivity contribution in [3.05, 3.63) is 94.2 Å². The predicted molar refractivity (Wildman–Crippen MR) is 141 cm³/mol. The number of nitrogens with zero attached hydrogens (tertiary/aromatic N) is 4. The first kappa shape index (κ1) is 23.3. The van der Waals surface area contributed by atoms with Crippen LogP contribution in [0.2, 0.25) is 5.02 Å². The Balaban J connectivity index is 1.61. The number of hydrazine groups is 1. The molecule has 3 aromatic carbocycles. The second-order valence-electron chi connectivity index (χ2n) is 7.64. The van der Waals surface area contributed by atoms with Crippen molar-refractivity contribution >= 4 is 47.4 Å². The van der Waals surface area contributed by atoms with Crippen LogP contribution in [-0.4, -0.2) is 38.3 Å². The third kappa shape index (κ3) is 4.88. The summed E-state index contributed by atoms with van der Waals surface area (Å²) in [6.07, 6.45) is 0. The van der Waals surface area contributed by atoms with Crippen molar-refractivity contribution in [1.82, 2.24) is 19.5 Å². The van der Waals surface area contributed by atoms with Crippen LogP contribution in [0.25, 0.3) is 17.1 Å². The van der Waals surface area contributed by atoms with Gasteiger partial charge in [-0.05, 0) is 66.3 Å². The van der Waals surface area contributed by atoms with Crippen molar-refractivity contribution in [1.29, 1.82) is 0 Å². The van der Waals surface area contributed by atoms with Gasteiger partial charge in [0, 0.05) is 10.6 Å². The van der Waals surface area contributed by atoms with Gasteiger partial charge >= 0.3 is 0 Å². The summed E-state index contributed by atoms with van der Waals surface area (Å²) in [5.41, 5.74) is 5.75. The van der Waals surface area contributed by atoms with Crippen LogP contribution in [0.15, 0.2) is 78.9 Å². The maximum absolute atomic E-state index is 12.9. The first-order chi connectivity index (χ1) is 17.0. The third-order valence-corrected chi connectivity index (χ3v) is 7.16. The van der Waals surface area contributed by atoms with Crippen LogP contribution >= 0.6 is 35.6 Å². The van der Waals surface area contributed by atoms with Crippen LogP contribution in [-0.2, 0) is 4.79 Å². The highest BCUT2D eigenvalue weighted by Crippen LogP contribution is 2.38. The maximum atomic E-state index is 12.9. The van der Waals surface area contributed by atoms with Gasteiger partial charge in [-0.1, -0.05) is 41.9 Å². The molecule has 0 radical (unpaired) electrons. The lowest BCUT2D eigenvalue weighted by Crippen LogP contribution is -2.35. The lowest BCUT2D eigenvalue weighted by Gasteiger charge is -2.26. The fourth-order valence-corrected chi connectivity index (χ4v) is 5.20. The molecule has 1 aliphatic heterocycles. The minimum Gasteiger partial charge on any atom is -0.497 e. The van der Waals surface area contributed by atoms with Crippen LogP contribution in [0.1, 0.15) is 10.9 Å². The van der Waals surface area contributed by atoms with Crippen LogP contribution in [0.5, 0.6) is 5.75 Å². The molecule has 10 heteroatoms.